The third-order valence-electron chi connectivity index (χ3n) is 2.98. The van der Waals surface area contributed by atoms with Crippen LogP contribution in [-0.4, -0.2) is 13.2 Å². The summed E-state index contributed by atoms with van der Waals surface area (Å²) < 4.78 is 5.35. The summed E-state index contributed by atoms with van der Waals surface area (Å²) in [7, 11) is 1.85. The first-order chi connectivity index (χ1) is 4.40. The highest BCUT2D eigenvalue weighted by Gasteiger charge is 2.39. The molecule has 0 N–H and O–H groups in total. The van der Waals surface area contributed by atoms with E-state index in [4.69, 9.17) is 4.74 Å². The van der Waals surface area contributed by atoms with E-state index in [0.717, 1.165) is 11.8 Å². The number of ether oxygens (including phenoxy) is 1. The van der Waals surface area contributed by atoms with E-state index in [1.807, 2.05) is 7.11 Å². The predicted octanol–water partition coefficient (Wildman–Crippen LogP) is 1.82. The maximum atomic E-state index is 5.35. The van der Waals surface area contributed by atoms with Gasteiger partial charge in [-0.05, 0) is 37.5 Å². The van der Waals surface area contributed by atoms with Crippen LogP contribution in [0.4, 0.5) is 0 Å². The molecule has 2 rings (SSSR count). The molecule has 2 aliphatic rings. The molecule has 2 aliphatic carbocycles. The van der Waals surface area contributed by atoms with E-state index in [9.17, 15) is 0 Å². The van der Waals surface area contributed by atoms with Crippen LogP contribution in [-0.2, 0) is 4.74 Å². The molecular formula is C8H14O. The smallest absolute Gasteiger partial charge is 0.0602 e. The summed E-state index contributed by atoms with van der Waals surface area (Å²) in [5.41, 5.74) is 0. The highest BCUT2D eigenvalue weighted by molar-refractivity contribution is 4.90. The molecule has 0 radical (unpaired) electrons. The quantitative estimate of drug-likeness (QED) is 0.520. The Balaban J connectivity index is 2.01. The largest absolute Gasteiger partial charge is 0.381 e. The number of fused-ring (bicyclic) bond motifs is 2. The van der Waals surface area contributed by atoms with Crippen LogP contribution in [0.15, 0.2) is 0 Å². The van der Waals surface area contributed by atoms with Gasteiger partial charge in [0.1, 0.15) is 0 Å². The van der Waals surface area contributed by atoms with Crippen molar-refractivity contribution in [2.45, 2.75) is 31.8 Å². The van der Waals surface area contributed by atoms with E-state index < -0.39 is 0 Å². The van der Waals surface area contributed by atoms with Crippen LogP contribution in [0.25, 0.3) is 0 Å². The summed E-state index contributed by atoms with van der Waals surface area (Å²) in [6.07, 6.45) is 6.34. The van der Waals surface area contributed by atoms with Crippen molar-refractivity contribution in [3.63, 3.8) is 0 Å². The maximum absolute atomic E-state index is 5.35. The molecule has 0 saturated heterocycles. The SMILES string of the molecule is COC1C[C@@H]2CCC1C2. The van der Waals surface area contributed by atoms with Crippen molar-refractivity contribution in [1.29, 1.82) is 0 Å². The average molecular weight is 126 g/mol. The fraction of sp³-hybridized carbons (Fsp3) is 1.00. The molecule has 9 heavy (non-hydrogen) atoms. The molecule has 0 aliphatic heterocycles. The van der Waals surface area contributed by atoms with Crippen molar-refractivity contribution < 1.29 is 4.74 Å². The normalized spacial score (nSPS) is 48.3. The molecule has 52 valence electrons. The van der Waals surface area contributed by atoms with Crippen LogP contribution in [0.2, 0.25) is 0 Å². The Morgan fingerprint density at radius 3 is 2.44 bits per heavy atom. The third-order valence-corrected chi connectivity index (χ3v) is 2.98. The summed E-state index contributed by atoms with van der Waals surface area (Å²) in [5, 5.41) is 0. The van der Waals surface area contributed by atoms with Crippen molar-refractivity contribution in [2.24, 2.45) is 11.8 Å². The lowest BCUT2D eigenvalue weighted by Gasteiger charge is -2.19. The Hall–Kier alpha value is -0.0400. The van der Waals surface area contributed by atoms with Gasteiger partial charge in [0, 0.05) is 7.11 Å². The zero-order valence-electron chi connectivity index (χ0n) is 5.97. The second kappa shape index (κ2) is 1.98. The molecule has 0 spiro atoms. The molecule has 0 heterocycles. The van der Waals surface area contributed by atoms with Crippen molar-refractivity contribution in [3.8, 4) is 0 Å². The molecule has 3 atom stereocenters. The van der Waals surface area contributed by atoms with E-state index in [0.29, 0.717) is 6.10 Å². The number of hydrogen-bond donors (Lipinski definition) is 0. The highest BCUT2D eigenvalue weighted by atomic mass is 16.5. The van der Waals surface area contributed by atoms with Crippen LogP contribution in [0, 0.1) is 11.8 Å². The molecule has 1 heteroatoms. The van der Waals surface area contributed by atoms with Crippen molar-refractivity contribution in [3.05, 3.63) is 0 Å². The predicted molar refractivity (Wildman–Crippen MR) is 36.2 cm³/mol. The second-order valence-corrected chi connectivity index (χ2v) is 3.45. The van der Waals surface area contributed by atoms with E-state index in [-0.39, 0.29) is 0 Å². The fourth-order valence-electron chi connectivity index (χ4n) is 2.48. The Kier molecular flexibility index (Phi) is 1.26. The Morgan fingerprint density at radius 1 is 1.22 bits per heavy atom. The van der Waals surface area contributed by atoms with E-state index >= 15 is 0 Å². The standard InChI is InChI=1S/C8H14O/c1-9-8-5-6-2-3-7(8)4-6/h6-8H,2-5H2,1H3/t6-,7?,8?/m1/s1. The monoisotopic (exact) mass is 126 g/mol. The van der Waals surface area contributed by atoms with Crippen LogP contribution in [0.5, 0.6) is 0 Å². The van der Waals surface area contributed by atoms with Gasteiger partial charge < -0.3 is 4.74 Å². The van der Waals surface area contributed by atoms with Gasteiger partial charge in [-0.15, -0.1) is 0 Å². The van der Waals surface area contributed by atoms with E-state index in [1.165, 1.54) is 25.7 Å². The lowest BCUT2D eigenvalue weighted by Crippen LogP contribution is -2.18. The number of rotatable bonds is 1. The molecule has 0 aromatic heterocycles. The lowest BCUT2D eigenvalue weighted by atomic mass is 9.98. The van der Waals surface area contributed by atoms with Gasteiger partial charge in [0.05, 0.1) is 6.10 Å². The van der Waals surface area contributed by atoms with Crippen molar-refractivity contribution in [2.75, 3.05) is 7.11 Å². The molecule has 0 amide bonds. The zero-order valence-corrected chi connectivity index (χ0v) is 5.97. The number of hydrogen-bond acceptors (Lipinski definition) is 1. The summed E-state index contributed by atoms with van der Waals surface area (Å²) >= 11 is 0. The fourth-order valence-corrected chi connectivity index (χ4v) is 2.48. The molecular weight excluding hydrogens is 112 g/mol. The van der Waals surface area contributed by atoms with E-state index in [1.54, 1.807) is 0 Å². The number of methoxy groups -OCH3 is 1. The lowest BCUT2D eigenvalue weighted by molar-refractivity contribution is 0.0572. The summed E-state index contributed by atoms with van der Waals surface area (Å²) in [4.78, 5) is 0. The molecule has 0 aromatic rings. The molecule has 2 fully saturated rings. The summed E-state index contributed by atoms with van der Waals surface area (Å²) in [6.45, 7) is 0. The molecule has 2 bridgehead atoms. The Bertz CT molecular complexity index is 111. The van der Waals surface area contributed by atoms with Gasteiger partial charge in [-0.2, -0.15) is 0 Å². The summed E-state index contributed by atoms with van der Waals surface area (Å²) in [5.74, 6) is 1.96. The Morgan fingerprint density at radius 2 is 2.11 bits per heavy atom. The van der Waals surface area contributed by atoms with Crippen LogP contribution >= 0.6 is 0 Å². The minimum atomic E-state index is 0.628. The first-order valence-electron chi connectivity index (χ1n) is 3.93. The maximum Gasteiger partial charge on any atom is 0.0602 e. The minimum Gasteiger partial charge on any atom is -0.381 e. The van der Waals surface area contributed by atoms with Gasteiger partial charge in [-0.1, -0.05) is 0 Å². The second-order valence-electron chi connectivity index (χ2n) is 3.45. The molecule has 2 saturated carbocycles. The van der Waals surface area contributed by atoms with Crippen LogP contribution in [0.1, 0.15) is 25.7 Å². The van der Waals surface area contributed by atoms with E-state index in [2.05, 4.69) is 0 Å². The highest BCUT2D eigenvalue weighted by Crippen LogP contribution is 2.45. The topological polar surface area (TPSA) is 9.23 Å². The van der Waals surface area contributed by atoms with Crippen LogP contribution in [0.3, 0.4) is 0 Å². The third kappa shape index (κ3) is 0.787. The minimum absolute atomic E-state index is 0.628. The van der Waals surface area contributed by atoms with Gasteiger partial charge in [0.2, 0.25) is 0 Å². The van der Waals surface area contributed by atoms with Gasteiger partial charge in [-0.25, -0.2) is 0 Å². The van der Waals surface area contributed by atoms with Crippen LogP contribution < -0.4 is 0 Å². The van der Waals surface area contributed by atoms with Gasteiger partial charge in [0.25, 0.3) is 0 Å². The molecule has 0 aromatic carbocycles. The van der Waals surface area contributed by atoms with Gasteiger partial charge >= 0.3 is 0 Å². The average Bonchev–Trinajstić information content (AvgIpc) is 2.45. The molecule has 2 unspecified atom stereocenters. The summed E-state index contributed by atoms with van der Waals surface area (Å²) in [6, 6.07) is 0. The van der Waals surface area contributed by atoms with Gasteiger partial charge in [-0.3, -0.25) is 0 Å². The van der Waals surface area contributed by atoms with Crippen molar-refractivity contribution in [1.82, 2.24) is 0 Å². The van der Waals surface area contributed by atoms with Gasteiger partial charge in [0.15, 0.2) is 0 Å². The zero-order chi connectivity index (χ0) is 6.27. The molecule has 1 nitrogen and oxygen atoms in total. The first-order valence-corrected chi connectivity index (χ1v) is 3.93. The first kappa shape index (κ1) is 5.72. The Labute approximate surface area is 56.4 Å². The van der Waals surface area contributed by atoms with Crippen molar-refractivity contribution >= 4 is 0 Å².